The van der Waals surface area contributed by atoms with E-state index >= 15 is 0 Å². The molecule has 0 fully saturated rings. The third-order valence-electron chi connectivity index (χ3n) is 5.46. The molecule has 7 heteroatoms. The number of benzene rings is 3. The molecule has 0 saturated heterocycles. The van der Waals surface area contributed by atoms with Crippen molar-refractivity contribution in [2.75, 3.05) is 12.4 Å². The van der Waals surface area contributed by atoms with Crippen molar-refractivity contribution in [1.82, 2.24) is 4.98 Å². The van der Waals surface area contributed by atoms with Gasteiger partial charge in [-0.25, -0.2) is 18.5 Å². The normalized spacial score (nSPS) is 11.6. The smallest absolute Gasteiger partial charge is 0.239 e. The minimum absolute atomic E-state index is 0.0783. The van der Waals surface area contributed by atoms with Crippen LogP contribution in [0.4, 0.5) is 5.69 Å². The van der Waals surface area contributed by atoms with E-state index in [1.807, 2.05) is 55.5 Å². The predicted molar refractivity (Wildman–Crippen MR) is 128 cm³/mol. The van der Waals surface area contributed by atoms with Gasteiger partial charge in [0.05, 0.1) is 16.1 Å². The molecule has 0 unspecified atom stereocenters. The lowest BCUT2D eigenvalue weighted by atomic mass is 9.95. The first-order chi connectivity index (χ1) is 14.7. The van der Waals surface area contributed by atoms with Crippen LogP contribution in [0.25, 0.3) is 33.3 Å². The van der Waals surface area contributed by atoms with Crippen molar-refractivity contribution in [2.24, 2.45) is 5.14 Å². The quantitative estimate of drug-likeness (QED) is 0.427. The summed E-state index contributed by atoms with van der Waals surface area (Å²) in [6.45, 7) is 3.69. The van der Waals surface area contributed by atoms with E-state index in [9.17, 15) is 8.42 Å². The molecule has 0 amide bonds. The first kappa shape index (κ1) is 21.3. The fourth-order valence-corrected chi connectivity index (χ4v) is 5.21. The molecule has 5 nitrogen and oxygen atoms in total. The van der Waals surface area contributed by atoms with Crippen LogP contribution in [0.1, 0.15) is 11.1 Å². The van der Waals surface area contributed by atoms with Gasteiger partial charge in [0.25, 0.3) is 0 Å². The molecule has 0 spiro atoms. The lowest BCUT2D eigenvalue weighted by Gasteiger charge is -2.20. The van der Waals surface area contributed by atoms with E-state index in [-0.39, 0.29) is 4.90 Å². The molecule has 4 aromatic rings. The Morgan fingerprint density at radius 1 is 0.935 bits per heavy atom. The Morgan fingerprint density at radius 2 is 1.58 bits per heavy atom. The molecule has 0 aliphatic carbocycles. The highest BCUT2D eigenvalue weighted by atomic mass is 35.5. The molecule has 4 rings (SSSR count). The number of hydrogen-bond acceptors (Lipinski definition) is 4. The van der Waals surface area contributed by atoms with Gasteiger partial charge in [0.2, 0.25) is 10.0 Å². The van der Waals surface area contributed by atoms with Crippen molar-refractivity contribution in [2.45, 2.75) is 18.7 Å². The summed E-state index contributed by atoms with van der Waals surface area (Å²) in [6.07, 6.45) is 0. The van der Waals surface area contributed by atoms with E-state index in [2.05, 4.69) is 5.32 Å². The molecule has 0 aliphatic heterocycles. The SMILES string of the molecule is CNc1c(C)c(-c2ccccc2)nc2cc(-c3ccc(Cl)cc3)c(C)c(S(N)(=O)=O)c12. The Labute approximate surface area is 186 Å². The molecule has 31 heavy (non-hydrogen) atoms. The maximum Gasteiger partial charge on any atom is 0.239 e. The second-order valence-electron chi connectivity index (χ2n) is 7.40. The van der Waals surface area contributed by atoms with Crippen LogP contribution in [-0.2, 0) is 10.0 Å². The van der Waals surface area contributed by atoms with Crippen molar-refractivity contribution in [3.8, 4) is 22.4 Å². The van der Waals surface area contributed by atoms with E-state index in [0.29, 0.717) is 27.2 Å². The van der Waals surface area contributed by atoms with Crippen LogP contribution in [0.2, 0.25) is 5.02 Å². The number of primary sulfonamides is 1. The molecule has 3 aromatic carbocycles. The summed E-state index contributed by atoms with van der Waals surface area (Å²) in [7, 11) is -2.26. The summed E-state index contributed by atoms with van der Waals surface area (Å²) < 4.78 is 25.5. The average Bonchev–Trinajstić information content (AvgIpc) is 2.73. The van der Waals surface area contributed by atoms with Crippen LogP contribution < -0.4 is 10.5 Å². The Bertz CT molecular complexity index is 1400. The monoisotopic (exact) mass is 451 g/mol. The molecule has 1 aromatic heterocycles. The molecule has 0 saturated carbocycles. The molecule has 158 valence electrons. The van der Waals surface area contributed by atoms with Gasteiger partial charge in [0.1, 0.15) is 0 Å². The number of hydrogen-bond donors (Lipinski definition) is 2. The first-order valence-corrected chi connectivity index (χ1v) is 11.6. The lowest BCUT2D eigenvalue weighted by molar-refractivity contribution is 0.598. The number of nitrogens with one attached hydrogen (secondary N) is 1. The number of nitrogens with two attached hydrogens (primary N) is 1. The van der Waals surface area contributed by atoms with Gasteiger partial charge in [0, 0.05) is 28.7 Å². The number of rotatable bonds is 4. The largest absolute Gasteiger partial charge is 0.387 e. The van der Waals surface area contributed by atoms with Gasteiger partial charge in [-0.2, -0.15) is 0 Å². The molecule has 1 heterocycles. The number of nitrogens with zero attached hydrogens (tertiary/aromatic N) is 1. The van der Waals surface area contributed by atoms with E-state index in [4.69, 9.17) is 21.7 Å². The Hall–Kier alpha value is -2.93. The summed E-state index contributed by atoms with van der Waals surface area (Å²) in [6, 6.07) is 19.0. The summed E-state index contributed by atoms with van der Waals surface area (Å²) in [5.41, 5.74) is 5.97. The lowest BCUT2D eigenvalue weighted by Crippen LogP contribution is -2.16. The van der Waals surface area contributed by atoms with Crippen molar-refractivity contribution in [3.63, 3.8) is 0 Å². The standard InChI is InChI=1S/C24H22ClN3O2S/c1-14-19(16-9-11-18(25)12-10-16)13-20-21(24(14)31(26,29)30)23(27-3)15(2)22(28-20)17-7-5-4-6-8-17/h4-13H,1-3H3,(H,27,28)(H2,26,29,30). The molecule has 3 N–H and O–H groups in total. The zero-order chi connectivity index (χ0) is 22.3. The van der Waals surface area contributed by atoms with Crippen LogP contribution in [0.5, 0.6) is 0 Å². The first-order valence-electron chi connectivity index (χ1n) is 9.72. The maximum atomic E-state index is 12.7. The highest BCUT2D eigenvalue weighted by Crippen LogP contribution is 2.41. The Balaban J connectivity index is 2.18. The van der Waals surface area contributed by atoms with Crippen LogP contribution in [0.15, 0.2) is 65.6 Å². The minimum atomic E-state index is -4.03. The summed E-state index contributed by atoms with van der Waals surface area (Å²) >= 11 is 6.05. The number of pyridine rings is 1. The third kappa shape index (κ3) is 3.78. The molecule has 0 aliphatic rings. The van der Waals surface area contributed by atoms with E-state index in [1.54, 1.807) is 26.1 Å². The van der Waals surface area contributed by atoms with Crippen LogP contribution in [0.3, 0.4) is 0 Å². The van der Waals surface area contributed by atoms with Crippen LogP contribution >= 0.6 is 11.6 Å². The Kier molecular flexibility index (Phi) is 5.47. The summed E-state index contributed by atoms with van der Waals surface area (Å²) in [5.74, 6) is 0. The molecule has 0 bridgehead atoms. The molecule has 0 atom stereocenters. The second kappa shape index (κ2) is 7.96. The van der Waals surface area contributed by atoms with Gasteiger partial charge < -0.3 is 5.32 Å². The van der Waals surface area contributed by atoms with Crippen molar-refractivity contribution < 1.29 is 8.42 Å². The zero-order valence-electron chi connectivity index (χ0n) is 17.4. The van der Waals surface area contributed by atoms with Gasteiger partial charge in [-0.15, -0.1) is 0 Å². The number of anilines is 1. The highest BCUT2D eigenvalue weighted by Gasteiger charge is 2.25. The maximum absolute atomic E-state index is 12.7. The number of fused-ring (bicyclic) bond motifs is 1. The summed E-state index contributed by atoms with van der Waals surface area (Å²) in [5, 5.41) is 9.99. The number of sulfonamides is 1. The molecular formula is C24H22ClN3O2S. The van der Waals surface area contributed by atoms with Crippen molar-refractivity contribution in [3.05, 3.63) is 76.8 Å². The fraction of sp³-hybridized carbons (Fsp3) is 0.125. The predicted octanol–water partition coefficient (Wildman–Crippen LogP) is 5.53. The van der Waals surface area contributed by atoms with Crippen molar-refractivity contribution >= 4 is 38.2 Å². The highest BCUT2D eigenvalue weighted by molar-refractivity contribution is 7.89. The number of halogens is 1. The van der Waals surface area contributed by atoms with Gasteiger partial charge in [0.15, 0.2) is 0 Å². The van der Waals surface area contributed by atoms with E-state index < -0.39 is 10.0 Å². The van der Waals surface area contributed by atoms with E-state index in [0.717, 1.165) is 27.9 Å². The van der Waals surface area contributed by atoms with Gasteiger partial charge in [-0.3, -0.25) is 0 Å². The Morgan fingerprint density at radius 3 is 2.16 bits per heavy atom. The second-order valence-corrected chi connectivity index (χ2v) is 9.34. The third-order valence-corrected chi connectivity index (χ3v) is 6.79. The van der Waals surface area contributed by atoms with Gasteiger partial charge >= 0.3 is 0 Å². The molecule has 0 radical (unpaired) electrons. The number of aromatic nitrogens is 1. The van der Waals surface area contributed by atoms with E-state index in [1.165, 1.54) is 0 Å². The fourth-order valence-electron chi connectivity index (χ4n) is 4.06. The topological polar surface area (TPSA) is 85.1 Å². The molecular weight excluding hydrogens is 430 g/mol. The average molecular weight is 452 g/mol. The minimum Gasteiger partial charge on any atom is -0.387 e. The van der Waals surface area contributed by atoms with Crippen LogP contribution in [0, 0.1) is 13.8 Å². The van der Waals surface area contributed by atoms with Gasteiger partial charge in [-0.1, -0.05) is 54.1 Å². The van der Waals surface area contributed by atoms with Gasteiger partial charge in [-0.05, 0) is 54.3 Å². The van der Waals surface area contributed by atoms with Crippen LogP contribution in [-0.4, -0.2) is 20.4 Å². The zero-order valence-corrected chi connectivity index (χ0v) is 19.0. The summed E-state index contributed by atoms with van der Waals surface area (Å²) in [4.78, 5) is 4.96. The van der Waals surface area contributed by atoms with Crippen molar-refractivity contribution in [1.29, 1.82) is 0 Å².